The van der Waals surface area contributed by atoms with Crippen molar-refractivity contribution in [2.75, 3.05) is 13.7 Å². The van der Waals surface area contributed by atoms with E-state index in [1.54, 1.807) is 42.5 Å². The molecule has 0 aliphatic rings. The number of halogens is 2. The second-order valence-corrected chi connectivity index (χ2v) is 6.39. The number of carbonyl (C=O) groups is 2. The van der Waals surface area contributed by atoms with Gasteiger partial charge in [-0.25, -0.2) is 4.68 Å². The van der Waals surface area contributed by atoms with Gasteiger partial charge in [0.15, 0.2) is 5.78 Å². The highest BCUT2D eigenvalue weighted by molar-refractivity contribution is 6.35. The SMILES string of the molecule is COCC(=O)n1cc(C(=O)c2ccccc2)c(-c2cc(Cl)cc(Cl)c2)n1. The summed E-state index contributed by atoms with van der Waals surface area (Å²) >= 11 is 12.2. The van der Waals surface area contributed by atoms with Crippen molar-refractivity contribution in [2.45, 2.75) is 0 Å². The van der Waals surface area contributed by atoms with Crippen LogP contribution in [0.2, 0.25) is 10.0 Å². The molecule has 0 atom stereocenters. The summed E-state index contributed by atoms with van der Waals surface area (Å²) < 4.78 is 5.96. The first-order valence-electron chi connectivity index (χ1n) is 7.67. The van der Waals surface area contributed by atoms with Gasteiger partial charge in [-0.1, -0.05) is 53.5 Å². The maximum absolute atomic E-state index is 12.9. The Morgan fingerprint density at radius 1 is 1.08 bits per heavy atom. The van der Waals surface area contributed by atoms with Gasteiger partial charge in [0.05, 0.1) is 5.56 Å². The molecular formula is C19H14Cl2N2O3. The summed E-state index contributed by atoms with van der Waals surface area (Å²) in [5.74, 6) is -0.651. The largest absolute Gasteiger partial charge is 0.375 e. The van der Waals surface area contributed by atoms with Crippen LogP contribution in [0, 0.1) is 0 Å². The first kappa shape index (κ1) is 18.3. The summed E-state index contributed by atoms with van der Waals surface area (Å²) in [5.41, 5.74) is 1.64. The average Bonchev–Trinajstić information content (AvgIpc) is 3.07. The van der Waals surface area contributed by atoms with Crippen LogP contribution in [0.3, 0.4) is 0 Å². The highest BCUT2D eigenvalue weighted by Crippen LogP contribution is 2.29. The molecule has 0 bridgehead atoms. The van der Waals surface area contributed by atoms with E-state index in [9.17, 15) is 9.59 Å². The van der Waals surface area contributed by atoms with E-state index >= 15 is 0 Å². The molecular weight excluding hydrogens is 375 g/mol. The quantitative estimate of drug-likeness (QED) is 0.608. The molecule has 5 nitrogen and oxygen atoms in total. The van der Waals surface area contributed by atoms with Gasteiger partial charge >= 0.3 is 0 Å². The molecule has 7 heteroatoms. The third kappa shape index (κ3) is 3.85. The van der Waals surface area contributed by atoms with Crippen molar-refractivity contribution in [2.24, 2.45) is 0 Å². The lowest BCUT2D eigenvalue weighted by atomic mass is 10.0. The fourth-order valence-corrected chi connectivity index (χ4v) is 3.03. The van der Waals surface area contributed by atoms with Gasteiger partial charge in [-0.2, -0.15) is 5.10 Å². The molecule has 1 aromatic heterocycles. The van der Waals surface area contributed by atoms with Crippen molar-refractivity contribution >= 4 is 34.9 Å². The van der Waals surface area contributed by atoms with Crippen molar-refractivity contribution < 1.29 is 14.3 Å². The third-order valence-electron chi connectivity index (χ3n) is 3.65. The molecule has 132 valence electrons. The lowest BCUT2D eigenvalue weighted by Crippen LogP contribution is -2.16. The van der Waals surface area contributed by atoms with Crippen LogP contribution in [0.4, 0.5) is 0 Å². The van der Waals surface area contributed by atoms with Crippen LogP contribution >= 0.6 is 23.2 Å². The fourth-order valence-electron chi connectivity index (χ4n) is 2.51. The van der Waals surface area contributed by atoms with Crippen molar-refractivity contribution in [3.8, 4) is 11.3 Å². The number of rotatable bonds is 5. The Bertz CT molecular complexity index is 948. The van der Waals surface area contributed by atoms with Gasteiger partial charge in [0.25, 0.3) is 5.91 Å². The van der Waals surface area contributed by atoms with E-state index in [0.717, 1.165) is 4.68 Å². The fraction of sp³-hybridized carbons (Fsp3) is 0.105. The van der Waals surface area contributed by atoms with E-state index < -0.39 is 5.91 Å². The van der Waals surface area contributed by atoms with Crippen LogP contribution in [-0.2, 0) is 4.74 Å². The minimum Gasteiger partial charge on any atom is -0.375 e. The number of ketones is 1. The number of aromatic nitrogens is 2. The van der Waals surface area contributed by atoms with Gasteiger partial charge in [0.2, 0.25) is 0 Å². The highest BCUT2D eigenvalue weighted by Gasteiger charge is 2.22. The molecule has 0 aliphatic carbocycles. The molecule has 0 fully saturated rings. The summed E-state index contributed by atoms with van der Waals surface area (Å²) in [7, 11) is 1.41. The number of nitrogens with zero attached hydrogens (tertiary/aromatic N) is 2. The molecule has 0 N–H and O–H groups in total. The monoisotopic (exact) mass is 388 g/mol. The Balaban J connectivity index is 2.15. The van der Waals surface area contributed by atoms with E-state index in [1.165, 1.54) is 13.3 Å². The van der Waals surface area contributed by atoms with Crippen LogP contribution in [0.15, 0.2) is 54.7 Å². The molecule has 0 aliphatic heterocycles. The highest BCUT2D eigenvalue weighted by atomic mass is 35.5. The van der Waals surface area contributed by atoms with Gasteiger partial charge in [-0.05, 0) is 18.2 Å². The van der Waals surface area contributed by atoms with Crippen LogP contribution in [0.25, 0.3) is 11.3 Å². The zero-order chi connectivity index (χ0) is 18.7. The summed E-state index contributed by atoms with van der Waals surface area (Å²) in [6.07, 6.45) is 1.40. The predicted molar refractivity (Wildman–Crippen MR) is 100 cm³/mol. The van der Waals surface area contributed by atoms with Crippen LogP contribution < -0.4 is 0 Å². The van der Waals surface area contributed by atoms with Crippen molar-refractivity contribution in [1.29, 1.82) is 0 Å². The molecule has 0 amide bonds. The summed E-state index contributed by atoms with van der Waals surface area (Å²) in [5, 5.41) is 5.09. The van der Waals surface area contributed by atoms with E-state index in [2.05, 4.69) is 5.10 Å². The Morgan fingerprint density at radius 3 is 2.35 bits per heavy atom. The molecule has 0 unspecified atom stereocenters. The van der Waals surface area contributed by atoms with Crippen LogP contribution in [-0.4, -0.2) is 35.2 Å². The van der Waals surface area contributed by atoms with Crippen molar-refractivity contribution in [1.82, 2.24) is 9.78 Å². The van der Waals surface area contributed by atoms with Gasteiger partial charge in [0, 0.05) is 34.5 Å². The minimum atomic E-state index is -0.394. The third-order valence-corrected chi connectivity index (χ3v) is 4.09. The number of methoxy groups -OCH3 is 1. The van der Waals surface area contributed by atoms with Gasteiger partial charge in [-0.15, -0.1) is 0 Å². The first-order chi connectivity index (χ1) is 12.5. The maximum Gasteiger partial charge on any atom is 0.272 e. The number of ether oxygens (including phenoxy) is 1. The average molecular weight is 389 g/mol. The molecule has 26 heavy (non-hydrogen) atoms. The second kappa shape index (κ2) is 7.83. The zero-order valence-corrected chi connectivity index (χ0v) is 15.3. The lowest BCUT2D eigenvalue weighted by Gasteiger charge is -2.04. The normalized spacial score (nSPS) is 10.7. The van der Waals surface area contributed by atoms with Crippen LogP contribution in [0.5, 0.6) is 0 Å². The molecule has 0 saturated heterocycles. The molecule has 1 heterocycles. The maximum atomic E-state index is 12.9. The molecule has 0 saturated carbocycles. The van der Waals surface area contributed by atoms with Crippen LogP contribution in [0.1, 0.15) is 20.7 Å². The molecule has 0 radical (unpaired) electrons. The standard InChI is InChI=1S/C19H14Cl2N2O3/c1-26-11-17(24)23-10-16(19(25)12-5-3-2-4-6-12)18(22-23)13-7-14(20)9-15(21)8-13/h2-10H,11H2,1H3. The first-order valence-corrected chi connectivity index (χ1v) is 8.43. The number of hydrogen-bond donors (Lipinski definition) is 0. The lowest BCUT2D eigenvalue weighted by molar-refractivity contribution is 0.0745. The molecule has 0 spiro atoms. The molecule has 2 aromatic carbocycles. The van der Waals surface area contributed by atoms with Gasteiger partial charge < -0.3 is 4.74 Å². The Labute approximate surface area is 160 Å². The number of carbonyl (C=O) groups excluding carboxylic acids is 2. The number of hydrogen-bond acceptors (Lipinski definition) is 4. The summed E-state index contributed by atoms with van der Waals surface area (Å²) in [4.78, 5) is 25.1. The van der Waals surface area contributed by atoms with E-state index in [1.807, 2.05) is 6.07 Å². The topological polar surface area (TPSA) is 61.2 Å². The smallest absolute Gasteiger partial charge is 0.272 e. The Hall–Kier alpha value is -2.47. The Kier molecular flexibility index (Phi) is 5.52. The zero-order valence-electron chi connectivity index (χ0n) is 13.8. The van der Waals surface area contributed by atoms with E-state index in [4.69, 9.17) is 27.9 Å². The molecule has 3 rings (SSSR count). The van der Waals surface area contributed by atoms with Gasteiger partial charge in [0.1, 0.15) is 12.3 Å². The predicted octanol–water partition coefficient (Wildman–Crippen LogP) is 4.37. The van der Waals surface area contributed by atoms with Crippen molar-refractivity contribution in [3.05, 3.63) is 75.9 Å². The summed E-state index contributed by atoms with van der Waals surface area (Å²) in [6, 6.07) is 13.6. The van der Waals surface area contributed by atoms with E-state index in [-0.39, 0.29) is 18.0 Å². The second-order valence-electron chi connectivity index (χ2n) is 5.52. The summed E-state index contributed by atoms with van der Waals surface area (Å²) in [6.45, 7) is -0.156. The van der Waals surface area contributed by atoms with Crippen molar-refractivity contribution in [3.63, 3.8) is 0 Å². The molecule has 3 aromatic rings. The van der Waals surface area contributed by atoms with Gasteiger partial charge in [-0.3, -0.25) is 9.59 Å². The minimum absolute atomic E-state index is 0.156. The van der Waals surface area contributed by atoms with E-state index in [0.29, 0.717) is 26.9 Å². The Morgan fingerprint density at radius 2 is 1.73 bits per heavy atom. The number of benzene rings is 2.